The molecule has 0 aliphatic carbocycles. The van der Waals surface area contributed by atoms with E-state index in [0.717, 1.165) is 17.8 Å². The van der Waals surface area contributed by atoms with Crippen molar-refractivity contribution in [2.75, 3.05) is 11.9 Å². The first-order valence-corrected chi connectivity index (χ1v) is 10.2. The Bertz CT molecular complexity index is 1030. The largest absolute Gasteiger partial charge is 0.372 e. The summed E-state index contributed by atoms with van der Waals surface area (Å²) >= 11 is 0. The maximum atomic E-state index is 13.2. The lowest BCUT2D eigenvalue weighted by Crippen LogP contribution is -2.39. The van der Waals surface area contributed by atoms with Gasteiger partial charge in [-0.25, -0.2) is 4.68 Å². The summed E-state index contributed by atoms with van der Waals surface area (Å²) in [6.45, 7) is 4.74. The molecule has 8 nitrogen and oxygen atoms in total. The predicted molar refractivity (Wildman–Crippen MR) is 110 cm³/mol. The molecule has 2 aliphatic rings. The molecule has 2 aliphatic heterocycles. The molecule has 2 atom stereocenters. The van der Waals surface area contributed by atoms with Crippen molar-refractivity contribution >= 4 is 11.6 Å². The molecule has 2 aromatic carbocycles. The number of fused-ring (bicyclic) bond motifs is 1. The molecule has 1 saturated heterocycles. The van der Waals surface area contributed by atoms with Crippen molar-refractivity contribution in [3.05, 3.63) is 71.0 Å². The molecule has 1 amide bonds. The number of benzene rings is 2. The minimum absolute atomic E-state index is 0.00319. The maximum absolute atomic E-state index is 13.2. The van der Waals surface area contributed by atoms with Crippen molar-refractivity contribution in [1.82, 2.24) is 25.1 Å². The number of rotatable bonds is 5. The first kappa shape index (κ1) is 18.9. The molecule has 0 spiro atoms. The van der Waals surface area contributed by atoms with Crippen LogP contribution in [0.5, 0.6) is 0 Å². The van der Waals surface area contributed by atoms with E-state index >= 15 is 0 Å². The zero-order valence-electron chi connectivity index (χ0n) is 16.9. The van der Waals surface area contributed by atoms with Crippen LogP contribution in [0, 0.1) is 6.92 Å². The SMILES string of the molecule is Cc1ccc(CN2C[C@H](n3cnnn3)C[C@H]2C(=O)Nc2ccc3c(c2)COC3)cc1. The zero-order valence-corrected chi connectivity index (χ0v) is 16.9. The van der Waals surface area contributed by atoms with Crippen LogP contribution in [0.3, 0.4) is 0 Å². The van der Waals surface area contributed by atoms with Crippen molar-refractivity contribution in [1.29, 1.82) is 0 Å². The summed E-state index contributed by atoms with van der Waals surface area (Å²) < 4.78 is 7.23. The van der Waals surface area contributed by atoms with E-state index in [0.29, 0.717) is 26.2 Å². The normalized spacial score (nSPS) is 21.0. The van der Waals surface area contributed by atoms with E-state index in [-0.39, 0.29) is 18.0 Å². The van der Waals surface area contributed by atoms with Gasteiger partial charge < -0.3 is 10.1 Å². The number of aromatic nitrogens is 4. The Hall–Kier alpha value is -3.10. The number of carbonyl (C=O) groups is 1. The Morgan fingerprint density at radius 2 is 2.00 bits per heavy atom. The molecule has 3 aromatic rings. The van der Waals surface area contributed by atoms with Gasteiger partial charge in [0.15, 0.2) is 0 Å². The Morgan fingerprint density at radius 1 is 1.17 bits per heavy atom. The van der Waals surface area contributed by atoms with Gasteiger partial charge in [0, 0.05) is 18.8 Å². The highest BCUT2D eigenvalue weighted by atomic mass is 16.5. The van der Waals surface area contributed by atoms with Gasteiger partial charge in [-0.3, -0.25) is 9.69 Å². The van der Waals surface area contributed by atoms with E-state index in [1.807, 2.05) is 18.2 Å². The fourth-order valence-electron chi connectivity index (χ4n) is 4.26. The van der Waals surface area contributed by atoms with E-state index in [4.69, 9.17) is 4.74 Å². The number of aryl methyl sites for hydroxylation is 1. The molecule has 154 valence electrons. The molecule has 1 fully saturated rings. The summed E-state index contributed by atoms with van der Waals surface area (Å²) in [7, 11) is 0. The smallest absolute Gasteiger partial charge is 0.241 e. The fraction of sp³-hybridized carbons (Fsp3) is 0.364. The number of hydrogen-bond donors (Lipinski definition) is 1. The highest BCUT2D eigenvalue weighted by Gasteiger charge is 2.38. The molecule has 0 radical (unpaired) electrons. The highest BCUT2D eigenvalue weighted by Crippen LogP contribution is 2.30. The zero-order chi connectivity index (χ0) is 20.5. The second-order valence-corrected chi connectivity index (χ2v) is 8.08. The van der Waals surface area contributed by atoms with Crippen LogP contribution < -0.4 is 5.32 Å². The molecular weight excluding hydrogens is 380 g/mol. The van der Waals surface area contributed by atoms with Crippen LogP contribution in [0.15, 0.2) is 48.8 Å². The summed E-state index contributed by atoms with van der Waals surface area (Å²) in [6, 6.07) is 14.2. The molecule has 30 heavy (non-hydrogen) atoms. The monoisotopic (exact) mass is 404 g/mol. The van der Waals surface area contributed by atoms with Crippen LogP contribution in [0.2, 0.25) is 0 Å². The molecule has 0 unspecified atom stereocenters. The van der Waals surface area contributed by atoms with E-state index in [9.17, 15) is 4.79 Å². The molecule has 1 N–H and O–H groups in total. The average molecular weight is 404 g/mol. The van der Waals surface area contributed by atoms with Gasteiger partial charge in [-0.2, -0.15) is 0 Å². The average Bonchev–Trinajstić information content (AvgIpc) is 3.50. The number of anilines is 1. The van der Waals surface area contributed by atoms with Gasteiger partial charge in [0.25, 0.3) is 0 Å². The lowest BCUT2D eigenvalue weighted by molar-refractivity contribution is -0.120. The van der Waals surface area contributed by atoms with Gasteiger partial charge in [0.2, 0.25) is 5.91 Å². The van der Waals surface area contributed by atoms with Crippen LogP contribution in [-0.2, 0) is 29.3 Å². The predicted octanol–water partition coefficient (Wildman–Crippen LogP) is 2.47. The van der Waals surface area contributed by atoms with Gasteiger partial charge in [0.1, 0.15) is 6.33 Å². The molecule has 0 bridgehead atoms. The molecule has 8 heteroatoms. The fourth-order valence-corrected chi connectivity index (χ4v) is 4.26. The minimum atomic E-state index is -0.259. The molecule has 5 rings (SSSR count). The third kappa shape index (κ3) is 3.83. The summed E-state index contributed by atoms with van der Waals surface area (Å²) in [5, 5.41) is 14.7. The van der Waals surface area contributed by atoms with Gasteiger partial charge in [-0.1, -0.05) is 35.9 Å². The van der Waals surface area contributed by atoms with Crippen molar-refractivity contribution in [2.24, 2.45) is 0 Å². The molecular formula is C22H24N6O2. The Morgan fingerprint density at radius 3 is 2.80 bits per heavy atom. The van der Waals surface area contributed by atoms with Gasteiger partial charge in [-0.05, 0) is 52.6 Å². The Labute approximate surface area is 174 Å². The topological polar surface area (TPSA) is 85.2 Å². The third-order valence-electron chi connectivity index (χ3n) is 5.92. The third-order valence-corrected chi connectivity index (χ3v) is 5.92. The van der Waals surface area contributed by atoms with E-state index in [1.54, 1.807) is 11.0 Å². The number of hydrogen-bond acceptors (Lipinski definition) is 6. The van der Waals surface area contributed by atoms with E-state index in [1.165, 1.54) is 16.7 Å². The maximum Gasteiger partial charge on any atom is 0.241 e. The summed E-state index contributed by atoms with van der Waals surface area (Å²) in [5.41, 5.74) is 5.55. The quantitative estimate of drug-likeness (QED) is 0.703. The second-order valence-electron chi connectivity index (χ2n) is 8.08. The van der Waals surface area contributed by atoms with Gasteiger partial charge in [-0.15, -0.1) is 5.10 Å². The number of amides is 1. The first-order valence-electron chi connectivity index (χ1n) is 10.2. The van der Waals surface area contributed by atoms with Crippen molar-refractivity contribution in [3.8, 4) is 0 Å². The van der Waals surface area contributed by atoms with Crippen molar-refractivity contribution < 1.29 is 9.53 Å². The number of ether oxygens (including phenoxy) is 1. The Kier molecular flexibility index (Phi) is 5.02. The number of carbonyl (C=O) groups excluding carboxylic acids is 1. The number of nitrogens with zero attached hydrogens (tertiary/aromatic N) is 5. The van der Waals surface area contributed by atoms with Crippen LogP contribution in [0.1, 0.15) is 34.7 Å². The molecule has 0 saturated carbocycles. The number of likely N-dealkylation sites (tertiary alicyclic amines) is 1. The summed E-state index contributed by atoms with van der Waals surface area (Å²) in [4.78, 5) is 15.5. The van der Waals surface area contributed by atoms with E-state index in [2.05, 4.69) is 56.9 Å². The molecule has 1 aromatic heterocycles. The Balaban J connectivity index is 1.35. The second kappa shape index (κ2) is 7.97. The summed E-state index contributed by atoms with van der Waals surface area (Å²) in [5.74, 6) is -0.00319. The first-order chi connectivity index (χ1) is 14.7. The van der Waals surface area contributed by atoms with Gasteiger partial charge in [0.05, 0.1) is 25.3 Å². The molecule has 3 heterocycles. The number of tetrazole rings is 1. The van der Waals surface area contributed by atoms with Gasteiger partial charge >= 0.3 is 0 Å². The summed E-state index contributed by atoms with van der Waals surface area (Å²) in [6.07, 6.45) is 2.28. The number of nitrogens with one attached hydrogen (secondary N) is 1. The van der Waals surface area contributed by atoms with Crippen LogP contribution >= 0.6 is 0 Å². The lowest BCUT2D eigenvalue weighted by atomic mass is 10.1. The van der Waals surface area contributed by atoms with Crippen LogP contribution in [0.4, 0.5) is 5.69 Å². The van der Waals surface area contributed by atoms with E-state index < -0.39 is 0 Å². The van der Waals surface area contributed by atoms with Crippen LogP contribution in [-0.4, -0.2) is 43.6 Å². The van der Waals surface area contributed by atoms with Crippen LogP contribution in [0.25, 0.3) is 0 Å². The standard InChI is InChI=1S/C22H24N6O2/c1-15-2-4-16(5-3-15)10-27-11-20(28-14-23-25-26-28)9-21(27)22(29)24-19-7-6-17-12-30-13-18(17)8-19/h2-8,14,20-21H,9-13H2,1H3,(H,24,29)/t20-,21+/m1/s1. The van der Waals surface area contributed by atoms with Crippen molar-refractivity contribution in [2.45, 2.75) is 45.2 Å². The highest BCUT2D eigenvalue weighted by molar-refractivity contribution is 5.95. The van der Waals surface area contributed by atoms with Crippen molar-refractivity contribution in [3.63, 3.8) is 0 Å². The lowest BCUT2D eigenvalue weighted by Gasteiger charge is -2.23. The minimum Gasteiger partial charge on any atom is -0.372 e.